The zero-order chi connectivity index (χ0) is 33.9. The standard InChI is InChI=1S/C23H26F2N7O13P/c1-3-22(38)16(36)21(6-24,7-33)43-18(22)32-10-28-12-13(26-9-27-14(12)32)30-45-20(2)15(35)23(25,8-42-46(39,40)41)44-17(20)31-5-4-11(34)29-19(31)37/h1,4-5,9-10,15-18,33,35-36,38H,6-8H2,2H3,(H,26,27,30)(H,29,34,37)(H2,39,40,41)/t15-,16+,17+,18+,20+,21+,22+,23+/m0/s1. The summed E-state index contributed by atoms with van der Waals surface area (Å²) >= 11 is 0. The molecule has 23 heteroatoms. The highest BCUT2D eigenvalue weighted by Crippen LogP contribution is 2.50. The maximum Gasteiger partial charge on any atom is 0.469 e. The second-order valence-corrected chi connectivity index (χ2v) is 11.8. The molecule has 0 radical (unpaired) electrons. The van der Waals surface area contributed by atoms with E-state index in [-0.39, 0.29) is 17.0 Å². The molecule has 46 heavy (non-hydrogen) atoms. The summed E-state index contributed by atoms with van der Waals surface area (Å²) in [6.07, 6.45) is 0.0358. The number of phosphoric acid groups is 1. The van der Waals surface area contributed by atoms with Gasteiger partial charge in [0.2, 0.25) is 0 Å². The number of nitrogens with one attached hydrogen (secondary N) is 2. The van der Waals surface area contributed by atoms with Gasteiger partial charge in [-0.25, -0.2) is 38.6 Å². The van der Waals surface area contributed by atoms with Crippen molar-refractivity contribution in [2.45, 2.75) is 54.2 Å². The van der Waals surface area contributed by atoms with Crippen molar-refractivity contribution in [1.82, 2.24) is 29.1 Å². The Labute approximate surface area is 254 Å². The van der Waals surface area contributed by atoms with Gasteiger partial charge in [-0.05, 0) is 6.92 Å². The minimum Gasteiger partial charge on any atom is -0.393 e. The maximum absolute atomic E-state index is 15.9. The van der Waals surface area contributed by atoms with Crippen LogP contribution in [0.5, 0.6) is 0 Å². The number of aliphatic hydroxyl groups is 4. The van der Waals surface area contributed by atoms with Gasteiger partial charge in [0.05, 0.1) is 12.9 Å². The van der Waals surface area contributed by atoms with E-state index in [0.717, 1.165) is 36.4 Å². The molecular formula is C23H26F2N7O13P. The minimum atomic E-state index is -5.28. The van der Waals surface area contributed by atoms with Crippen molar-refractivity contribution < 1.29 is 62.4 Å². The second kappa shape index (κ2) is 11.5. The monoisotopic (exact) mass is 677 g/mol. The number of ether oxygens (including phenoxy) is 2. The molecule has 0 aromatic carbocycles. The van der Waals surface area contributed by atoms with Crippen LogP contribution in [0.25, 0.3) is 11.2 Å². The van der Waals surface area contributed by atoms with Crippen molar-refractivity contribution in [1.29, 1.82) is 0 Å². The molecule has 0 spiro atoms. The molecule has 3 aromatic rings. The van der Waals surface area contributed by atoms with Crippen LogP contribution < -0.4 is 16.7 Å². The van der Waals surface area contributed by atoms with Crippen LogP contribution in [0.3, 0.4) is 0 Å². The first kappa shape index (κ1) is 33.6. The zero-order valence-corrected chi connectivity index (χ0v) is 24.2. The summed E-state index contributed by atoms with van der Waals surface area (Å²) in [5, 5.41) is 42.4. The number of aliphatic hydroxyl groups excluding tert-OH is 3. The third-order valence-corrected chi connectivity index (χ3v) is 8.09. The largest absolute Gasteiger partial charge is 0.469 e. The Morgan fingerprint density at radius 2 is 1.91 bits per heavy atom. The third-order valence-electron chi connectivity index (χ3n) is 7.62. The molecule has 0 saturated carbocycles. The van der Waals surface area contributed by atoms with Crippen LogP contribution in [0.4, 0.5) is 14.6 Å². The number of phosphoric ester groups is 1. The number of nitrogens with zero attached hydrogens (tertiary/aromatic N) is 5. The molecule has 8 atom stereocenters. The third kappa shape index (κ3) is 5.30. The second-order valence-electron chi connectivity index (χ2n) is 10.6. The normalized spacial score (nSPS) is 34.6. The lowest BCUT2D eigenvalue weighted by Gasteiger charge is -2.32. The van der Waals surface area contributed by atoms with Crippen LogP contribution in [0.1, 0.15) is 19.4 Å². The number of hydrogen-bond acceptors (Lipinski definition) is 15. The number of terminal acetylenes is 1. The van der Waals surface area contributed by atoms with Gasteiger partial charge in [0.25, 0.3) is 11.4 Å². The van der Waals surface area contributed by atoms with Crippen molar-refractivity contribution in [3.63, 3.8) is 0 Å². The number of fused-ring (bicyclic) bond motifs is 1. The summed E-state index contributed by atoms with van der Waals surface area (Å²) in [6, 6.07) is 0.865. The fourth-order valence-corrected chi connectivity index (χ4v) is 5.47. The number of hydrogen-bond donors (Lipinski definition) is 8. The number of aromatic amines is 1. The molecule has 2 aliphatic rings. The molecule has 3 aromatic heterocycles. The highest BCUT2D eigenvalue weighted by molar-refractivity contribution is 7.46. The molecule has 0 bridgehead atoms. The van der Waals surface area contributed by atoms with Gasteiger partial charge in [0.15, 0.2) is 52.3 Å². The number of anilines is 1. The van der Waals surface area contributed by atoms with Crippen LogP contribution in [-0.4, -0.2) is 114 Å². The topological polar surface area (TPSA) is 286 Å². The van der Waals surface area contributed by atoms with E-state index in [1.165, 1.54) is 0 Å². The van der Waals surface area contributed by atoms with E-state index in [2.05, 4.69) is 25.0 Å². The molecule has 8 N–H and O–H groups in total. The van der Waals surface area contributed by atoms with Gasteiger partial charge >= 0.3 is 13.5 Å². The Morgan fingerprint density at radius 1 is 1.20 bits per heavy atom. The lowest BCUT2D eigenvalue weighted by molar-refractivity contribution is -0.205. The van der Waals surface area contributed by atoms with E-state index in [0.29, 0.717) is 4.57 Å². The number of halogens is 2. The first-order chi connectivity index (χ1) is 21.5. The summed E-state index contributed by atoms with van der Waals surface area (Å²) in [6.45, 7) is -3.00. The Balaban J connectivity index is 1.51. The van der Waals surface area contributed by atoms with Gasteiger partial charge in [-0.1, -0.05) is 5.92 Å². The quantitative estimate of drug-likeness (QED) is 0.0606. The number of aromatic nitrogens is 6. The highest BCUT2D eigenvalue weighted by atomic mass is 31.2. The lowest BCUT2D eigenvalue weighted by atomic mass is 9.87. The van der Waals surface area contributed by atoms with Crippen LogP contribution in [0.2, 0.25) is 0 Å². The number of alkyl halides is 2. The predicted molar refractivity (Wildman–Crippen MR) is 143 cm³/mol. The first-order valence-electron chi connectivity index (χ1n) is 12.9. The fourth-order valence-electron chi connectivity index (χ4n) is 5.13. The Kier molecular flexibility index (Phi) is 8.42. The first-order valence-corrected chi connectivity index (χ1v) is 14.4. The van der Waals surface area contributed by atoms with E-state index in [1.807, 2.05) is 10.9 Å². The molecule has 2 fully saturated rings. The van der Waals surface area contributed by atoms with E-state index in [4.69, 9.17) is 30.5 Å². The fraction of sp³-hybridized carbons (Fsp3) is 0.522. The average molecular weight is 677 g/mol. The molecule has 20 nitrogen and oxygen atoms in total. The van der Waals surface area contributed by atoms with Crippen LogP contribution >= 0.6 is 7.82 Å². The molecule has 0 unspecified atom stereocenters. The molecule has 5 heterocycles. The molecule has 250 valence electrons. The lowest BCUT2D eigenvalue weighted by Crippen LogP contribution is -2.53. The molecule has 5 rings (SSSR count). The van der Waals surface area contributed by atoms with Crippen LogP contribution in [0, 0.1) is 12.3 Å². The Bertz CT molecular complexity index is 1840. The smallest absolute Gasteiger partial charge is 0.393 e. The molecule has 0 aliphatic carbocycles. The average Bonchev–Trinajstić information content (AvgIpc) is 3.60. The van der Waals surface area contributed by atoms with Gasteiger partial charge in [0.1, 0.15) is 25.7 Å². The summed E-state index contributed by atoms with van der Waals surface area (Å²) < 4.78 is 57.6. The summed E-state index contributed by atoms with van der Waals surface area (Å²) in [4.78, 5) is 61.9. The van der Waals surface area contributed by atoms with Gasteiger partial charge in [0, 0.05) is 12.3 Å². The summed E-state index contributed by atoms with van der Waals surface area (Å²) in [7, 11) is -5.28. The molecule has 2 aliphatic heterocycles. The van der Waals surface area contributed by atoms with E-state index < -0.39 is 86.3 Å². The van der Waals surface area contributed by atoms with E-state index in [9.17, 15) is 39.0 Å². The van der Waals surface area contributed by atoms with Gasteiger partial charge in [-0.15, -0.1) is 6.42 Å². The minimum absolute atomic E-state index is 0.170. The zero-order valence-electron chi connectivity index (χ0n) is 23.3. The maximum atomic E-state index is 15.9. The van der Waals surface area contributed by atoms with E-state index in [1.54, 1.807) is 0 Å². The van der Waals surface area contributed by atoms with Crippen molar-refractivity contribution in [2.75, 3.05) is 25.4 Å². The number of imidazole rings is 1. The SMILES string of the molecule is C#C[C@@]1(O)[C@H](O)[C@](CO)(CF)O[C@H]1n1cnc2c(NO[C@@]3(C)[C@H](n4ccc(=O)[nH]c4=O)O[C@](F)(COP(=O)(O)O)[C@H]3O)ncnc21. The molecule has 0 amide bonds. The summed E-state index contributed by atoms with van der Waals surface area (Å²) in [5.41, 5.74) is -7.27. The number of rotatable bonds is 10. The van der Waals surface area contributed by atoms with Crippen molar-refractivity contribution in [2.24, 2.45) is 0 Å². The van der Waals surface area contributed by atoms with Gasteiger partial charge in [-0.2, -0.15) is 0 Å². The van der Waals surface area contributed by atoms with Crippen molar-refractivity contribution >= 4 is 24.8 Å². The highest BCUT2D eigenvalue weighted by Gasteiger charge is 2.66. The van der Waals surface area contributed by atoms with E-state index >= 15 is 4.39 Å². The van der Waals surface area contributed by atoms with Gasteiger partial charge < -0.3 is 39.7 Å². The summed E-state index contributed by atoms with van der Waals surface area (Å²) in [5.74, 6) is -1.77. The Morgan fingerprint density at radius 3 is 2.52 bits per heavy atom. The van der Waals surface area contributed by atoms with Crippen molar-refractivity contribution in [3.05, 3.63) is 45.8 Å². The molecule has 2 saturated heterocycles. The molecular weight excluding hydrogens is 651 g/mol. The number of H-pyrrole nitrogens is 1. The van der Waals surface area contributed by atoms with Crippen LogP contribution in [0.15, 0.2) is 34.5 Å². The van der Waals surface area contributed by atoms with Crippen LogP contribution in [-0.2, 0) is 23.4 Å². The Hall–Kier alpha value is -3.72. The predicted octanol–water partition coefficient (Wildman–Crippen LogP) is -2.90. The van der Waals surface area contributed by atoms with Gasteiger partial charge in [-0.3, -0.25) is 28.3 Å². The van der Waals surface area contributed by atoms with Crippen molar-refractivity contribution in [3.8, 4) is 12.3 Å².